The highest BCUT2D eigenvalue weighted by Crippen LogP contribution is 2.30. The zero-order valence-electron chi connectivity index (χ0n) is 16.2. The number of aromatic nitrogens is 4. The molecule has 4 aromatic rings. The summed E-state index contributed by atoms with van der Waals surface area (Å²) in [5.41, 5.74) is 2.17. The zero-order valence-corrected chi connectivity index (χ0v) is 16.9. The number of methoxy groups -OCH3 is 2. The fourth-order valence-corrected chi connectivity index (χ4v) is 3.36. The first-order valence-electron chi connectivity index (χ1n) is 8.93. The molecule has 0 bridgehead atoms. The van der Waals surface area contributed by atoms with Crippen LogP contribution in [0.2, 0.25) is 5.02 Å². The van der Waals surface area contributed by atoms with Crippen molar-refractivity contribution in [3.63, 3.8) is 0 Å². The Morgan fingerprint density at radius 1 is 1.17 bits per heavy atom. The van der Waals surface area contributed by atoms with Gasteiger partial charge in [-0.1, -0.05) is 11.6 Å². The minimum atomic E-state index is -0.255. The van der Waals surface area contributed by atoms with Crippen LogP contribution in [-0.4, -0.2) is 33.7 Å². The molecule has 0 fully saturated rings. The molecular formula is C21H19ClN4O3. The van der Waals surface area contributed by atoms with E-state index in [0.29, 0.717) is 39.7 Å². The van der Waals surface area contributed by atoms with Crippen molar-refractivity contribution in [2.75, 3.05) is 14.2 Å². The Hall–Kier alpha value is -3.32. The van der Waals surface area contributed by atoms with Crippen LogP contribution in [0.1, 0.15) is 17.0 Å². The number of hydrogen-bond donors (Lipinski definition) is 1. The number of nitrogens with zero attached hydrogens (tertiary/aromatic N) is 3. The predicted octanol–water partition coefficient (Wildman–Crippen LogP) is 3.68. The van der Waals surface area contributed by atoms with Gasteiger partial charge in [0.05, 0.1) is 25.1 Å². The smallest absolute Gasteiger partial charge is 0.258 e. The molecule has 0 amide bonds. The van der Waals surface area contributed by atoms with Crippen molar-refractivity contribution in [2.45, 2.75) is 13.3 Å². The van der Waals surface area contributed by atoms with E-state index in [0.717, 1.165) is 16.9 Å². The Morgan fingerprint density at radius 3 is 2.59 bits per heavy atom. The van der Waals surface area contributed by atoms with Gasteiger partial charge in [0.25, 0.3) is 5.56 Å². The number of benzene rings is 1. The van der Waals surface area contributed by atoms with E-state index in [1.807, 2.05) is 30.0 Å². The van der Waals surface area contributed by atoms with Crippen molar-refractivity contribution in [3.05, 3.63) is 75.2 Å². The number of nitrogens with one attached hydrogen (secondary N) is 1. The van der Waals surface area contributed by atoms with Crippen molar-refractivity contribution < 1.29 is 9.47 Å². The van der Waals surface area contributed by atoms with E-state index in [1.54, 1.807) is 24.4 Å². The highest BCUT2D eigenvalue weighted by molar-refractivity contribution is 6.31. The van der Waals surface area contributed by atoms with E-state index in [-0.39, 0.29) is 5.56 Å². The first-order chi connectivity index (χ1) is 14.0. The molecule has 0 saturated carbocycles. The topological polar surface area (TPSA) is 82.0 Å². The highest BCUT2D eigenvalue weighted by atomic mass is 35.5. The molecule has 1 N–H and O–H groups in total. The van der Waals surface area contributed by atoms with Crippen LogP contribution in [0.5, 0.6) is 11.5 Å². The molecule has 0 aliphatic carbocycles. The molecule has 0 spiro atoms. The minimum absolute atomic E-state index is 0.255. The normalized spacial score (nSPS) is 11.0. The van der Waals surface area contributed by atoms with Gasteiger partial charge in [-0.2, -0.15) is 0 Å². The number of halogens is 1. The van der Waals surface area contributed by atoms with Gasteiger partial charge in [0.1, 0.15) is 11.6 Å². The van der Waals surface area contributed by atoms with E-state index < -0.39 is 0 Å². The van der Waals surface area contributed by atoms with Crippen LogP contribution in [-0.2, 0) is 6.42 Å². The molecule has 29 heavy (non-hydrogen) atoms. The van der Waals surface area contributed by atoms with E-state index in [9.17, 15) is 4.79 Å². The largest absolute Gasteiger partial charge is 0.493 e. The molecule has 0 radical (unpaired) electrons. The van der Waals surface area contributed by atoms with Gasteiger partial charge in [0.2, 0.25) is 0 Å². The van der Waals surface area contributed by atoms with Gasteiger partial charge in [0, 0.05) is 42.2 Å². The summed E-state index contributed by atoms with van der Waals surface area (Å²) in [7, 11) is 3.06. The summed E-state index contributed by atoms with van der Waals surface area (Å²) < 4.78 is 12.5. The lowest BCUT2D eigenvalue weighted by molar-refractivity contribution is 0.355. The van der Waals surface area contributed by atoms with Crippen LogP contribution in [0.15, 0.2) is 47.7 Å². The molecule has 148 valence electrons. The third kappa shape index (κ3) is 3.69. The molecule has 0 unspecified atom stereocenters. The van der Waals surface area contributed by atoms with E-state index in [4.69, 9.17) is 21.1 Å². The maximum Gasteiger partial charge on any atom is 0.258 e. The van der Waals surface area contributed by atoms with Crippen LogP contribution < -0.4 is 15.0 Å². The Kier molecular flexibility index (Phi) is 4.98. The maximum atomic E-state index is 12.5. The fourth-order valence-electron chi connectivity index (χ4n) is 3.14. The zero-order chi connectivity index (χ0) is 20.5. The molecule has 0 aliphatic rings. The number of aryl methyl sites for hydroxylation is 1. The van der Waals surface area contributed by atoms with E-state index in [2.05, 4.69) is 15.0 Å². The lowest BCUT2D eigenvalue weighted by atomic mass is 10.1. The van der Waals surface area contributed by atoms with Crippen LogP contribution >= 0.6 is 11.6 Å². The van der Waals surface area contributed by atoms with Gasteiger partial charge >= 0.3 is 0 Å². The molecule has 1 aromatic carbocycles. The number of fused-ring (bicyclic) bond motifs is 1. The number of rotatable bonds is 5. The van der Waals surface area contributed by atoms with Crippen molar-refractivity contribution in [1.82, 2.24) is 19.5 Å². The Labute approximate surface area is 171 Å². The molecule has 3 aromatic heterocycles. The quantitative estimate of drug-likeness (QED) is 0.542. The maximum absolute atomic E-state index is 12.5. The number of ether oxygens (including phenoxy) is 2. The van der Waals surface area contributed by atoms with Crippen LogP contribution in [0, 0.1) is 6.92 Å². The van der Waals surface area contributed by atoms with Crippen molar-refractivity contribution >= 4 is 22.5 Å². The number of hydrogen-bond acceptors (Lipinski definition) is 5. The van der Waals surface area contributed by atoms with Crippen molar-refractivity contribution in [1.29, 1.82) is 0 Å². The summed E-state index contributed by atoms with van der Waals surface area (Å²) in [5, 5.41) is 0.977. The van der Waals surface area contributed by atoms with Gasteiger partial charge in [-0.3, -0.25) is 4.79 Å². The molecule has 0 saturated heterocycles. The first kappa shape index (κ1) is 19.0. The monoisotopic (exact) mass is 410 g/mol. The van der Waals surface area contributed by atoms with Crippen molar-refractivity contribution in [3.8, 4) is 17.3 Å². The van der Waals surface area contributed by atoms with Gasteiger partial charge < -0.3 is 19.0 Å². The SMILES string of the molecule is COc1cc2nc(Cc3cnc(-n4ccc(C)c4)cc3Cl)[nH]c(=O)c2cc1OC. The van der Waals surface area contributed by atoms with E-state index >= 15 is 0 Å². The molecule has 7 nitrogen and oxygen atoms in total. The lowest BCUT2D eigenvalue weighted by Gasteiger charge is -2.10. The Morgan fingerprint density at radius 2 is 1.93 bits per heavy atom. The summed E-state index contributed by atoms with van der Waals surface area (Å²) >= 11 is 6.47. The second-order valence-corrected chi connectivity index (χ2v) is 7.05. The molecular weight excluding hydrogens is 392 g/mol. The molecule has 8 heteroatoms. The van der Waals surface area contributed by atoms with Gasteiger partial charge in [-0.05, 0) is 30.2 Å². The van der Waals surface area contributed by atoms with Crippen LogP contribution in [0.3, 0.4) is 0 Å². The fraction of sp³-hybridized carbons (Fsp3) is 0.190. The second kappa shape index (κ2) is 7.60. The van der Waals surface area contributed by atoms with Crippen molar-refractivity contribution in [2.24, 2.45) is 0 Å². The molecule has 4 rings (SSSR count). The average Bonchev–Trinajstić information content (AvgIpc) is 3.15. The number of aromatic amines is 1. The summed E-state index contributed by atoms with van der Waals surface area (Å²) in [6.45, 7) is 2.01. The highest BCUT2D eigenvalue weighted by Gasteiger charge is 2.13. The van der Waals surface area contributed by atoms with E-state index in [1.165, 1.54) is 14.2 Å². The molecule has 0 aliphatic heterocycles. The third-order valence-electron chi connectivity index (χ3n) is 4.64. The van der Waals surface area contributed by atoms with Gasteiger partial charge in [-0.15, -0.1) is 0 Å². The lowest BCUT2D eigenvalue weighted by Crippen LogP contribution is -2.13. The van der Waals surface area contributed by atoms with Gasteiger partial charge in [0.15, 0.2) is 11.5 Å². The molecule has 3 heterocycles. The van der Waals surface area contributed by atoms with Crippen LogP contribution in [0.4, 0.5) is 0 Å². The Bertz CT molecular complexity index is 1260. The Balaban J connectivity index is 1.69. The average molecular weight is 411 g/mol. The number of pyridine rings is 1. The summed E-state index contributed by atoms with van der Waals surface area (Å²) in [6, 6.07) is 7.09. The standard InChI is InChI=1S/C21H19ClN4O3/c1-12-4-5-26(11-12)20-8-15(22)13(10-23-20)6-19-24-16-9-18(29-3)17(28-2)7-14(16)21(27)25-19/h4-5,7-11H,6H2,1-3H3,(H,24,25,27). The predicted molar refractivity (Wildman–Crippen MR) is 112 cm³/mol. The minimum Gasteiger partial charge on any atom is -0.493 e. The summed E-state index contributed by atoms with van der Waals surface area (Å²) in [6.07, 6.45) is 5.95. The summed E-state index contributed by atoms with van der Waals surface area (Å²) in [5.74, 6) is 2.20. The van der Waals surface area contributed by atoms with Crippen LogP contribution in [0.25, 0.3) is 16.7 Å². The third-order valence-corrected chi connectivity index (χ3v) is 4.99. The van der Waals surface area contributed by atoms with Gasteiger partial charge in [-0.25, -0.2) is 9.97 Å². The second-order valence-electron chi connectivity index (χ2n) is 6.64. The molecule has 0 atom stereocenters. The number of H-pyrrole nitrogens is 1. The summed E-state index contributed by atoms with van der Waals surface area (Å²) in [4.78, 5) is 24.4. The first-order valence-corrected chi connectivity index (χ1v) is 9.30.